The summed E-state index contributed by atoms with van der Waals surface area (Å²) in [6, 6.07) is 6.64. The summed E-state index contributed by atoms with van der Waals surface area (Å²) in [7, 11) is -2.93. The molecule has 0 spiro atoms. The zero-order chi connectivity index (χ0) is 21.4. The zero-order valence-electron chi connectivity index (χ0n) is 18.0. The minimum Gasteiger partial charge on any atom is -0.404 e. The topological polar surface area (TPSA) is 84.9 Å². The van der Waals surface area contributed by atoms with Crippen molar-refractivity contribution in [2.45, 2.75) is 90.5 Å². The molecule has 0 saturated carbocycles. The fourth-order valence-corrected chi connectivity index (χ4v) is 3.54. The van der Waals surface area contributed by atoms with Crippen LogP contribution in [0.4, 0.5) is 0 Å². The van der Waals surface area contributed by atoms with Crippen molar-refractivity contribution in [1.82, 2.24) is 5.32 Å². The fourth-order valence-electron chi connectivity index (χ4n) is 3.08. The maximum atomic E-state index is 11.9. The molecular weight excluding hydrogens is 389 g/mol. The first-order chi connectivity index (χ1) is 14.0. The van der Waals surface area contributed by atoms with E-state index in [0.29, 0.717) is 13.0 Å². The molecule has 0 radical (unpaired) electrons. The minimum atomic E-state index is -4.04. The molecule has 6 nitrogen and oxygen atoms in total. The predicted octanol–water partition coefficient (Wildman–Crippen LogP) is 6.13. The van der Waals surface area contributed by atoms with E-state index in [1.807, 2.05) is 0 Å². The van der Waals surface area contributed by atoms with Crippen LogP contribution in [0.2, 0.25) is 0 Å². The molecule has 0 aliphatic carbocycles. The summed E-state index contributed by atoms with van der Waals surface area (Å²) in [5.41, 5.74) is 0.898. The Morgan fingerprint density at radius 3 is 1.97 bits per heavy atom. The van der Waals surface area contributed by atoms with Gasteiger partial charge < -0.3 is 9.84 Å². The minimum absolute atomic E-state index is 0.0560. The van der Waals surface area contributed by atoms with Gasteiger partial charge in [-0.05, 0) is 24.1 Å². The Morgan fingerprint density at radius 1 is 0.931 bits per heavy atom. The lowest BCUT2D eigenvalue weighted by atomic mass is 10.1. The highest BCUT2D eigenvalue weighted by Crippen LogP contribution is 2.42. The van der Waals surface area contributed by atoms with Crippen LogP contribution in [0.15, 0.2) is 24.3 Å². The second kappa shape index (κ2) is 15.5. The number of hydrogen-bond donors (Lipinski definition) is 2. The third-order valence-electron chi connectivity index (χ3n) is 4.87. The van der Waals surface area contributed by atoms with E-state index in [4.69, 9.17) is 4.52 Å². The van der Waals surface area contributed by atoms with Gasteiger partial charge in [-0.3, -0.25) is 14.2 Å². The molecule has 1 atom stereocenters. The van der Waals surface area contributed by atoms with E-state index in [1.54, 1.807) is 24.3 Å². The molecular formula is C22H38NO5P. The molecule has 0 saturated heterocycles. The lowest BCUT2D eigenvalue weighted by Crippen LogP contribution is -2.22. The Balaban J connectivity index is 2.04. The van der Waals surface area contributed by atoms with Gasteiger partial charge in [-0.1, -0.05) is 83.3 Å². The molecule has 0 aliphatic heterocycles. The van der Waals surface area contributed by atoms with Crippen molar-refractivity contribution in [2.24, 2.45) is 0 Å². The fraction of sp³-hybridized carbons (Fsp3) is 0.682. The number of hydrogen-bond acceptors (Lipinski definition) is 4. The molecule has 7 heteroatoms. The lowest BCUT2D eigenvalue weighted by Gasteiger charge is -2.11. The predicted molar refractivity (Wildman–Crippen MR) is 117 cm³/mol. The van der Waals surface area contributed by atoms with Gasteiger partial charge in [-0.25, -0.2) is 4.57 Å². The lowest BCUT2D eigenvalue weighted by molar-refractivity contribution is -0.121. The summed E-state index contributed by atoms with van der Waals surface area (Å²) in [6.07, 6.45) is 14.5. The summed E-state index contributed by atoms with van der Waals surface area (Å²) in [4.78, 5) is 21.2. The summed E-state index contributed by atoms with van der Waals surface area (Å²) in [6.45, 7) is 2.67. The monoisotopic (exact) mass is 427 g/mol. The van der Waals surface area contributed by atoms with Crippen LogP contribution in [-0.2, 0) is 20.4 Å². The second-order valence-corrected chi connectivity index (χ2v) is 8.93. The number of benzene rings is 1. The number of rotatable bonds is 17. The molecule has 1 aromatic carbocycles. The van der Waals surface area contributed by atoms with E-state index in [9.17, 15) is 14.3 Å². The van der Waals surface area contributed by atoms with Crippen molar-refractivity contribution in [3.8, 4) is 5.75 Å². The van der Waals surface area contributed by atoms with Crippen molar-refractivity contribution < 1.29 is 23.3 Å². The average Bonchev–Trinajstić information content (AvgIpc) is 2.71. The van der Waals surface area contributed by atoms with E-state index in [1.165, 1.54) is 57.8 Å². The number of unbranched alkanes of at least 4 members (excludes halogenated alkanes) is 10. The van der Waals surface area contributed by atoms with E-state index in [0.717, 1.165) is 25.5 Å². The van der Waals surface area contributed by atoms with Gasteiger partial charge >= 0.3 is 7.82 Å². The van der Waals surface area contributed by atoms with Gasteiger partial charge in [0.25, 0.3) is 0 Å². The van der Waals surface area contributed by atoms with Crippen LogP contribution in [0, 0.1) is 0 Å². The Kier molecular flexibility index (Phi) is 13.7. The summed E-state index contributed by atoms with van der Waals surface area (Å²) in [5.74, 6) is 0.300. The van der Waals surface area contributed by atoms with Crippen LogP contribution in [0.5, 0.6) is 5.75 Å². The van der Waals surface area contributed by atoms with Crippen LogP contribution in [0.3, 0.4) is 0 Å². The Labute approximate surface area is 176 Å². The quantitative estimate of drug-likeness (QED) is 0.231. The van der Waals surface area contributed by atoms with E-state index in [2.05, 4.69) is 16.8 Å². The Bertz CT molecular complexity index is 606. The highest BCUT2D eigenvalue weighted by atomic mass is 31.2. The normalized spacial score (nSPS) is 13.1. The smallest absolute Gasteiger partial charge is 0.404 e. The first-order valence-corrected chi connectivity index (χ1v) is 12.4. The molecule has 2 N–H and O–H groups in total. The third-order valence-corrected chi connectivity index (χ3v) is 5.77. The number of nitrogens with one attached hydrogen (secondary N) is 1. The molecule has 0 heterocycles. The standard InChI is InChI=1S/C22H38NO5P/c1-3-4-5-6-7-8-9-10-11-12-13-14-22(24)23-19-20-15-17-21(18-16-20)28-29(25,26)27-2/h15-18H,3-14,19H2,1-2H3,(H,23,24)(H,25,26). The first kappa shape index (κ1) is 25.7. The average molecular weight is 428 g/mol. The Hall–Kier alpha value is -1.36. The number of carbonyl (C=O) groups is 1. The van der Waals surface area contributed by atoms with Crippen molar-refractivity contribution in [2.75, 3.05) is 7.11 Å². The molecule has 1 aromatic rings. The van der Waals surface area contributed by atoms with Gasteiger partial charge in [0.05, 0.1) is 0 Å². The SMILES string of the molecule is CCCCCCCCCCCCCC(=O)NCc1ccc(OP(=O)(O)OC)cc1. The molecule has 166 valence electrons. The molecule has 1 unspecified atom stereocenters. The van der Waals surface area contributed by atoms with Crippen molar-refractivity contribution in [1.29, 1.82) is 0 Å². The largest absolute Gasteiger partial charge is 0.527 e. The van der Waals surface area contributed by atoms with E-state index in [-0.39, 0.29) is 11.7 Å². The van der Waals surface area contributed by atoms with Gasteiger partial charge in [-0.2, -0.15) is 0 Å². The number of amides is 1. The van der Waals surface area contributed by atoms with Crippen molar-refractivity contribution in [3.05, 3.63) is 29.8 Å². The van der Waals surface area contributed by atoms with Gasteiger partial charge in [-0.15, -0.1) is 0 Å². The van der Waals surface area contributed by atoms with Crippen LogP contribution in [0.1, 0.15) is 89.5 Å². The Morgan fingerprint density at radius 2 is 1.45 bits per heavy atom. The van der Waals surface area contributed by atoms with Crippen LogP contribution < -0.4 is 9.84 Å². The molecule has 0 aliphatic rings. The second-order valence-electron chi connectivity index (χ2n) is 7.45. The molecule has 1 rings (SSSR count). The van der Waals surface area contributed by atoms with Gasteiger partial charge in [0.1, 0.15) is 5.75 Å². The van der Waals surface area contributed by atoms with Crippen LogP contribution in [0.25, 0.3) is 0 Å². The number of phosphoric ester groups is 1. The molecule has 0 aromatic heterocycles. The molecule has 0 fully saturated rings. The highest BCUT2D eigenvalue weighted by molar-refractivity contribution is 7.47. The van der Waals surface area contributed by atoms with Gasteiger partial charge in [0.15, 0.2) is 0 Å². The van der Waals surface area contributed by atoms with Gasteiger partial charge in [0.2, 0.25) is 5.91 Å². The van der Waals surface area contributed by atoms with E-state index < -0.39 is 7.82 Å². The first-order valence-electron chi connectivity index (χ1n) is 10.9. The maximum absolute atomic E-state index is 11.9. The van der Waals surface area contributed by atoms with Crippen molar-refractivity contribution in [3.63, 3.8) is 0 Å². The van der Waals surface area contributed by atoms with E-state index >= 15 is 0 Å². The summed E-state index contributed by atoms with van der Waals surface area (Å²) < 4.78 is 20.6. The van der Waals surface area contributed by atoms with Crippen molar-refractivity contribution >= 4 is 13.7 Å². The van der Waals surface area contributed by atoms with Crippen LogP contribution >= 0.6 is 7.82 Å². The number of phosphoric acid groups is 1. The molecule has 1 amide bonds. The number of carbonyl (C=O) groups excluding carboxylic acids is 1. The molecule has 29 heavy (non-hydrogen) atoms. The molecule has 0 bridgehead atoms. The third kappa shape index (κ3) is 13.5. The van der Waals surface area contributed by atoms with Crippen LogP contribution in [-0.4, -0.2) is 17.9 Å². The zero-order valence-corrected chi connectivity index (χ0v) is 18.9. The summed E-state index contributed by atoms with van der Waals surface area (Å²) >= 11 is 0. The maximum Gasteiger partial charge on any atom is 0.527 e. The summed E-state index contributed by atoms with van der Waals surface area (Å²) in [5, 5.41) is 2.90. The highest BCUT2D eigenvalue weighted by Gasteiger charge is 2.19. The van der Waals surface area contributed by atoms with Gasteiger partial charge in [0, 0.05) is 20.1 Å².